The number of aryl methyl sites for hydroxylation is 2. The summed E-state index contributed by atoms with van der Waals surface area (Å²) in [5, 5.41) is 22.9. The maximum Gasteiger partial charge on any atom is 0.342 e. The zero-order chi connectivity index (χ0) is 15.6. The zero-order valence-electron chi connectivity index (χ0n) is 11.5. The van der Waals surface area contributed by atoms with Gasteiger partial charge in [-0.3, -0.25) is 15.1 Å². The van der Waals surface area contributed by atoms with Crippen molar-refractivity contribution >= 4 is 23.0 Å². The van der Waals surface area contributed by atoms with Crippen LogP contribution in [0.3, 0.4) is 0 Å². The second-order valence-electron chi connectivity index (χ2n) is 4.50. The number of carboxylic acids is 1. The van der Waals surface area contributed by atoms with Gasteiger partial charge in [-0.1, -0.05) is 0 Å². The van der Waals surface area contributed by atoms with Crippen molar-refractivity contribution in [1.29, 1.82) is 0 Å². The van der Waals surface area contributed by atoms with Crippen molar-refractivity contribution in [3.8, 4) is 0 Å². The molecule has 0 aliphatic carbocycles. The highest BCUT2D eigenvalue weighted by molar-refractivity contribution is 5.93. The van der Waals surface area contributed by atoms with Gasteiger partial charge in [0, 0.05) is 17.4 Å². The summed E-state index contributed by atoms with van der Waals surface area (Å²) in [5.74, 6) is -1.34. The largest absolute Gasteiger partial charge is 0.477 e. The molecule has 0 saturated heterocycles. The number of carboxylic acid groups (broad SMARTS) is 1. The Hall–Kier alpha value is -2.96. The highest BCUT2D eigenvalue weighted by atomic mass is 16.6. The number of benzene rings is 1. The van der Waals surface area contributed by atoms with E-state index in [1.165, 1.54) is 18.2 Å². The van der Waals surface area contributed by atoms with Gasteiger partial charge in [0.1, 0.15) is 5.56 Å². The van der Waals surface area contributed by atoms with Crippen molar-refractivity contribution in [2.24, 2.45) is 0 Å². The number of aromatic nitrogens is 1. The lowest BCUT2D eigenvalue weighted by Crippen LogP contribution is -2.04. The molecule has 0 aliphatic heterocycles. The standard InChI is InChI=1S/C14H13N3O4/c1-8-3-5-12(9(2)15-8)16-10-4-6-13(17(20)21)11(7-10)14(18)19/h3-7,16H,1-2H3,(H,18,19). The Morgan fingerprint density at radius 3 is 2.57 bits per heavy atom. The lowest BCUT2D eigenvalue weighted by Gasteiger charge is -2.10. The molecule has 0 unspecified atom stereocenters. The van der Waals surface area contributed by atoms with Crippen molar-refractivity contribution in [3.05, 3.63) is 57.4 Å². The molecule has 7 nitrogen and oxygen atoms in total. The van der Waals surface area contributed by atoms with Gasteiger partial charge in [0.15, 0.2) is 0 Å². The van der Waals surface area contributed by atoms with E-state index in [0.29, 0.717) is 11.4 Å². The van der Waals surface area contributed by atoms with Gasteiger partial charge in [-0.2, -0.15) is 0 Å². The molecule has 0 bridgehead atoms. The van der Waals surface area contributed by atoms with E-state index in [1.807, 2.05) is 26.0 Å². The number of carbonyl (C=O) groups is 1. The number of anilines is 2. The first-order valence-corrected chi connectivity index (χ1v) is 6.11. The lowest BCUT2D eigenvalue weighted by atomic mass is 10.1. The van der Waals surface area contributed by atoms with Gasteiger partial charge in [0.05, 0.1) is 16.3 Å². The Bertz CT molecular complexity index is 728. The number of nitro groups is 1. The molecule has 0 radical (unpaired) electrons. The van der Waals surface area contributed by atoms with Gasteiger partial charge in [-0.25, -0.2) is 4.79 Å². The number of aromatic carboxylic acids is 1. The predicted molar refractivity (Wildman–Crippen MR) is 77.0 cm³/mol. The second-order valence-corrected chi connectivity index (χ2v) is 4.50. The van der Waals surface area contributed by atoms with Gasteiger partial charge in [0.2, 0.25) is 0 Å². The van der Waals surface area contributed by atoms with Gasteiger partial charge in [-0.05, 0) is 38.1 Å². The van der Waals surface area contributed by atoms with Gasteiger partial charge < -0.3 is 10.4 Å². The lowest BCUT2D eigenvalue weighted by molar-refractivity contribution is -0.385. The molecule has 0 atom stereocenters. The fourth-order valence-corrected chi connectivity index (χ4v) is 1.92. The van der Waals surface area contributed by atoms with Gasteiger partial charge in [0.25, 0.3) is 5.69 Å². The van der Waals surface area contributed by atoms with E-state index in [0.717, 1.165) is 11.4 Å². The number of nitrogens with one attached hydrogen (secondary N) is 1. The van der Waals surface area contributed by atoms with Crippen molar-refractivity contribution in [2.75, 3.05) is 5.32 Å². The molecule has 1 aromatic carbocycles. The fraction of sp³-hybridized carbons (Fsp3) is 0.143. The maximum absolute atomic E-state index is 11.1. The third-order valence-corrected chi connectivity index (χ3v) is 2.93. The molecular formula is C14H13N3O4. The van der Waals surface area contributed by atoms with E-state index in [2.05, 4.69) is 10.3 Å². The van der Waals surface area contributed by atoms with Crippen LogP contribution in [0.15, 0.2) is 30.3 Å². The number of hydrogen-bond donors (Lipinski definition) is 2. The van der Waals surface area contributed by atoms with Crippen molar-refractivity contribution in [1.82, 2.24) is 4.98 Å². The third-order valence-electron chi connectivity index (χ3n) is 2.93. The zero-order valence-corrected chi connectivity index (χ0v) is 11.5. The second kappa shape index (κ2) is 5.58. The first-order chi connectivity index (χ1) is 9.88. The average Bonchev–Trinajstić information content (AvgIpc) is 2.41. The van der Waals surface area contributed by atoms with Crippen LogP contribution in [0.4, 0.5) is 17.1 Å². The highest BCUT2D eigenvalue weighted by Crippen LogP contribution is 2.26. The Balaban J connectivity index is 2.39. The van der Waals surface area contributed by atoms with Gasteiger partial charge >= 0.3 is 5.97 Å². The summed E-state index contributed by atoms with van der Waals surface area (Å²) in [5.41, 5.74) is 1.99. The minimum Gasteiger partial charge on any atom is -0.477 e. The fourth-order valence-electron chi connectivity index (χ4n) is 1.92. The first-order valence-electron chi connectivity index (χ1n) is 6.11. The summed E-state index contributed by atoms with van der Waals surface area (Å²) in [7, 11) is 0. The number of pyridine rings is 1. The topological polar surface area (TPSA) is 105 Å². The van der Waals surface area contributed by atoms with E-state index < -0.39 is 16.6 Å². The summed E-state index contributed by atoms with van der Waals surface area (Å²) in [6.45, 7) is 3.68. The summed E-state index contributed by atoms with van der Waals surface area (Å²) < 4.78 is 0. The van der Waals surface area contributed by atoms with Crippen LogP contribution >= 0.6 is 0 Å². The van der Waals surface area contributed by atoms with Crippen LogP contribution < -0.4 is 5.32 Å². The van der Waals surface area contributed by atoms with Crippen molar-refractivity contribution in [2.45, 2.75) is 13.8 Å². The van der Waals surface area contributed by atoms with Crippen LogP contribution in [-0.2, 0) is 0 Å². The Labute approximate surface area is 120 Å². The van der Waals surface area contributed by atoms with Crippen LogP contribution in [0.25, 0.3) is 0 Å². The molecule has 0 spiro atoms. The summed E-state index contributed by atoms with van der Waals surface area (Å²) in [6.07, 6.45) is 0. The molecule has 0 saturated carbocycles. The molecule has 0 amide bonds. The molecule has 1 heterocycles. The maximum atomic E-state index is 11.1. The quantitative estimate of drug-likeness (QED) is 0.661. The van der Waals surface area contributed by atoms with Crippen molar-refractivity contribution < 1.29 is 14.8 Å². The van der Waals surface area contributed by atoms with Crippen LogP contribution in [0.5, 0.6) is 0 Å². The predicted octanol–water partition coefficient (Wildman–Crippen LogP) is 3.05. The normalized spacial score (nSPS) is 10.2. The summed E-state index contributed by atoms with van der Waals surface area (Å²) in [6, 6.07) is 7.50. The summed E-state index contributed by atoms with van der Waals surface area (Å²) >= 11 is 0. The summed E-state index contributed by atoms with van der Waals surface area (Å²) in [4.78, 5) is 25.5. The minimum atomic E-state index is -1.34. The minimum absolute atomic E-state index is 0.359. The van der Waals surface area contributed by atoms with E-state index in [4.69, 9.17) is 5.11 Å². The number of rotatable bonds is 4. The van der Waals surface area contributed by atoms with Crippen LogP contribution in [0.2, 0.25) is 0 Å². The first kappa shape index (κ1) is 14.4. The number of hydrogen-bond acceptors (Lipinski definition) is 5. The average molecular weight is 287 g/mol. The van der Waals surface area contributed by atoms with Gasteiger partial charge in [-0.15, -0.1) is 0 Å². The number of nitrogens with zero attached hydrogens (tertiary/aromatic N) is 2. The molecule has 21 heavy (non-hydrogen) atoms. The molecule has 2 aromatic rings. The van der Waals surface area contributed by atoms with E-state index in [9.17, 15) is 14.9 Å². The highest BCUT2D eigenvalue weighted by Gasteiger charge is 2.20. The number of nitro benzene ring substituents is 1. The molecule has 2 rings (SSSR count). The van der Waals surface area contributed by atoms with E-state index in [1.54, 1.807) is 0 Å². The monoisotopic (exact) mass is 287 g/mol. The third kappa shape index (κ3) is 3.14. The molecular weight excluding hydrogens is 274 g/mol. The SMILES string of the molecule is Cc1ccc(Nc2ccc([N+](=O)[O-])c(C(=O)O)c2)c(C)n1. The van der Waals surface area contributed by atoms with E-state index >= 15 is 0 Å². The van der Waals surface area contributed by atoms with Crippen LogP contribution in [0, 0.1) is 24.0 Å². The van der Waals surface area contributed by atoms with Crippen LogP contribution in [0.1, 0.15) is 21.7 Å². The Morgan fingerprint density at radius 2 is 2.00 bits per heavy atom. The molecule has 0 aliphatic rings. The molecule has 2 N–H and O–H groups in total. The Kier molecular flexibility index (Phi) is 3.84. The molecule has 1 aromatic heterocycles. The van der Waals surface area contributed by atoms with Crippen molar-refractivity contribution in [3.63, 3.8) is 0 Å². The molecule has 108 valence electrons. The van der Waals surface area contributed by atoms with Crippen LogP contribution in [-0.4, -0.2) is 21.0 Å². The Morgan fingerprint density at radius 1 is 1.29 bits per heavy atom. The molecule has 7 heteroatoms. The van der Waals surface area contributed by atoms with E-state index in [-0.39, 0.29) is 5.56 Å². The smallest absolute Gasteiger partial charge is 0.342 e. The molecule has 0 fully saturated rings.